The van der Waals surface area contributed by atoms with Gasteiger partial charge in [0.2, 0.25) is 0 Å². The molecule has 20 heavy (non-hydrogen) atoms. The Labute approximate surface area is 129 Å². The van der Waals surface area contributed by atoms with Crippen LogP contribution in [0.4, 0.5) is 11.5 Å². The molecule has 1 aromatic carbocycles. The van der Waals surface area contributed by atoms with Crippen LogP contribution in [-0.4, -0.2) is 11.5 Å². The third-order valence-corrected chi connectivity index (χ3v) is 4.33. The number of hydrogen-bond donors (Lipinski definition) is 0. The SMILES string of the molecule is ClCc1cc(N2CCCCc3ccccc32)ncc1Cl. The molecule has 2 heterocycles. The molecule has 2 nitrogen and oxygen atoms in total. The lowest BCUT2D eigenvalue weighted by atomic mass is 10.1. The molecule has 0 atom stereocenters. The largest absolute Gasteiger partial charge is 0.326 e. The minimum Gasteiger partial charge on any atom is -0.326 e. The number of aryl methyl sites for hydroxylation is 1. The van der Waals surface area contributed by atoms with Crippen molar-refractivity contribution in [3.8, 4) is 0 Å². The van der Waals surface area contributed by atoms with Crippen molar-refractivity contribution >= 4 is 34.7 Å². The molecule has 0 radical (unpaired) electrons. The first-order chi connectivity index (χ1) is 9.79. The number of aromatic nitrogens is 1. The van der Waals surface area contributed by atoms with Crippen molar-refractivity contribution in [2.45, 2.75) is 25.1 Å². The highest BCUT2D eigenvalue weighted by molar-refractivity contribution is 6.32. The predicted molar refractivity (Wildman–Crippen MR) is 85.2 cm³/mol. The fourth-order valence-corrected chi connectivity index (χ4v) is 3.11. The quantitative estimate of drug-likeness (QED) is 0.730. The number of fused-ring (bicyclic) bond motifs is 1. The second kappa shape index (κ2) is 6.02. The van der Waals surface area contributed by atoms with Crippen LogP contribution in [-0.2, 0) is 12.3 Å². The van der Waals surface area contributed by atoms with Gasteiger partial charge >= 0.3 is 0 Å². The van der Waals surface area contributed by atoms with E-state index < -0.39 is 0 Å². The van der Waals surface area contributed by atoms with Gasteiger partial charge in [-0.2, -0.15) is 0 Å². The van der Waals surface area contributed by atoms with Crippen LogP contribution in [0.15, 0.2) is 36.5 Å². The van der Waals surface area contributed by atoms with E-state index in [1.54, 1.807) is 6.20 Å². The third kappa shape index (κ3) is 2.63. The van der Waals surface area contributed by atoms with Crippen molar-refractivity contribution in [1.82, 2.24) is 4.98 Å². The van der Waals surface area contributed by atoms with E-state index in [1.165, 1.54) is 17.7 Å². The van der Waals surface area contributed by atoms with Crippen molar-refractivity contribution < 1.29 is 0 Å². The van der Waals surface area contributed by atoms with Gasteiger partial charge in [-0.25, -0.2) is 4.98 Å². The van der Waals surface area contributed by atoms with Crippen LogP contribution in [0.25, 0.3) is 0 Å². The van der Waals surface area contributed by atoms with E-state index >= 15 is 0 Å². The van der Waals surface area contributed by atoms with E-state index in [2.05, 4.69) is 34.1 Å². The highest BCUT2D eigenvalue weighted by Crippen LogP contribution is 2.33. The smallest absolute Gasteiger partial charge is 0.133 e. The molecule has 4 heteroatoms. The second-order valence-electron chi connectivity index (χ2n) is 5.00. The molecule has 2 aromatic rings. The van der Waals surface area contributed by atoms with Crippen LogP contribution in [0, 0.1) is 0 Å². The molecule has 1 aliphatic rings. The summed E-state index contributed by atoms with van der Waals surface area (Å²) in [6.07, 6.45) is 5.20. The minimum atomic E-state index is 0.407. The molecule has 0 saturated heterocycles. The standard InChI is InChI=1S/C16H16Cl2N2/c17-10-13-9-16(19-11-14(13)18)20-8-4-3-6-12-5-1-2-7-15(12)20/h1-2,5,7,9,11H,3-4,6,8,10H2. The second-order valence-corrected chi connectivity index (χ2v) is 5.68. The molecule has 1 aromatic heterocycles. The van der Waals surface area contributed by atoms with Crippen molar-refractivity contribution in [2.75, 3.05) is 11.4 Å². The Morgan fingerprint density at radius 2 is 2.05 bits per heavy atom. The van der Waals surface area contributed by atoms with Gasteiger partial charge in [-0.1, -0.05) is 29.8 Å². The average Bonchev–Trinajstić information content (AvgIpc) is 2.70. The van der Waals surface area contributed by atoms with E-state index in [0.29, 0.717) is 10.9 Å². The lowest BCUT2D eigenvalue weighted by molar-refractivity contribution is 0.757. The fourth-order valence-electron chi connectivity index (χ4n) is 2.65. The van der Waals surface area contributed by atoms with Crippen molar-refractivity contribution in [3.63, 3.8) is 0 Å². The molecular formula is C16H16Cl2N2. The summed E-state index contributed by atoms with van der Waals surface area (Å²) >= 11 is 12.0. The number of hydrogen-bond acceptors (Lipinski definition) is 2. The van der Waals surface area contributed by atoms with Crippen LogP contribution >= 0.6 is 23.2 Å². The Kier molecular flexibility index (Phi) is 4.13. The van der Waals surface area contributed by atoms with Gasteiger partial charge in [-0.3, -0.25) is 0 Å². The Morgan fingerprint density at radius 3 is 2.90 bits per heavy atom. The van der Waals surface area contributed by atoms with Crippen LogP contribution in [0.1, 0.15) is 24.0 Å². The van der Waals surface area contributed by atoms with Gasteiger partial charge in [0.25, 0.3) is 0 Å². The first-order valence-corrected chi connectivity index (χ1v) is 7.76. The summed E-state index contributed by atoms with van der Waals surface area (Å²) in [6.45, 7) is 0.980. The molecule has 104 valence electrons. The summed E-state index contributed by atoms with van der Waals surface area (Å²) < 4.78 is 0. The predicted octanol–water partition coefficient (Wildman–Crippen LogP) is 4.95. The topological polar surface area (TPSA) is 16.1 Å². The van der Waals surface area contributed by atoms with E-state index in [1.807, 2.05) is 6.07 Å². The van der Waals surface area contributed by atoms with Gasteiger partial charge < -0.3 is 4.90 Å². The summed E-state index contributed by atoms with van der Waals surface area (Å²) in [6, 6.07) is 10.5. The highest BCUT2D eigenvalue weighted by Gasteiger charge is 2.18. The fraction of sp³-hybridized carbons (Fsp3) is 0.312. The maximum Gasteiger partial charge on any atom is 0.133 e. The molecule has 0 spiro atoms. The Balaban J connectivity index is 2.05. The molecule has 0 aliphatic carbocycles. The molecule has 0 unspecified atom stereocenters. The van der Waals surface area contributed by atoms with E-state index in [0.717, 1.165) is 30.8 Å². The van der Waals surface area contributed by atoms with Gasteiger partial charge in [0, 0.05) is 24.3 Å². The Morgan fingerprint density at radius 1 is 1.20 bits per heavy atom. The number of halogens is 2. The summed E-state index contributed by atoms with van der Waals surface area (Å²) in [5.41, 5.74) is 3.56. The van der Waals surface area contributed by atoms with Crippen LogP contribution in [0.3, 0.4) is 0 Å². The van der Waals surface area contributed by atoms with Crippen molar-refractivity contribution in [1.29, 1.82) is 0 Å². The molecule has 0 N–H and O–H groups in total. The first kappa shape index (κ1) is 13.7. The molecule has 0 amide bonds. The van der Waals surface area contributed by atoms with E-state index in [9.17, 15) is 0 Å². The number of rotatable bonds is 2. The monoisotopic (exact) mass is 306 g/mol. The maximum atomic E-state index is 6.10. The lowest BCUT2D eigenvalue weighted by Crippen LogP contribution is -2.19. The molecule has 3 rings (SSSR count). The van der Waals surface area contributed by atoms with Gasteiger partial charge in [0.05, 0.1) is 5.02 Å². The number of nitrogens with zero attached hydrogens (tertiary/aromatic N) is 2. The summed E-state index contributed by atoms with van der Waals surface area (Å²) in [4.78, 5) is 6.76. The van der Waals surface area contributed by atoms with Crippen LogP contribution in [0.2, 0.25) is 5.02 Å². The zero-order valence-electron chi connectivity index (χ0n) is 11.1. The number of alkyl halides is 1. The van der Waals surface area contributed by atoms with E-state index in [-0.39, 0.29) is 0 Å². The Bertz CT molecular complexity index is 613. The number of pyridine rings is 1. The van der Waals surface area contributed by atoms with Gasteiger partial charge in [-0.15, -0.1) is 11.6 Å². The third-order valence-electron chi connectivity index (χ3n) is 3.70. The average molecular weight is 307 g/mol. The van der Waals surface area contributed by atoms with Gasteiger partial charge in [-0.05, 0) is 42.5 Å². The lowest BCUT2D eigenvalue weighted by Gasteiger charge is -2.24. The van der Waals surface area contributed by atoms with Crippen LogP contribution < -0.4 is 4.90 Å². The number of benzene rings is 1. The number of para-hydroxylation sites is 1. The molecule has 0 fully saturated rings. The highest BCUT2D eigenvalue weighted by atomic mass is 35.5. The molecule has 0 saturated carbocycles. The normalized spacial score (nSPS) is 14.8. The Hall–Kier alpha value is -1.25. The van der Waals surface area contributed by atoms with E-state index in [4.69, 9.17) is 23.2 Å². The van der Waals surface area contributed by atoms with Crippen molar-refractivity contribution in [2.24, 2.45) is 0 Å². The first-order valence-electron chi connectivity index (χ1n) is 6.85. The summed E-state index contributed by atoms with van der Waals surface area (Å²) in [5.74, 6) is 1.34. The maximum absolute atomic E-state index is 6.10. The van der Waals surface area contributed by atoms with Gasteiger partial charge in [0.1, 0.15) is 5.82 Å². The minimum absolute atomic E-state index is 0.407. The molecule has 1 aliphatic heterocycles. The molecule has 0 bridgehead atoms. The zero-order valence-corrected chi connectivity index (χ0v) is 12.7. The van der Waals surface area contributed by atoms with Gasteiger partial charge in [0.15, 0.2) is 0 Å². The molecular weight excluding hydrogens is 291 g/mol. The zero-order chi connectivity index (χ0) is 13.9. The van der Waals surface area contributed by atoms with Crippen LogP contribution in [0.5, 0.6) is 0 Å². The summed E-state index contributed by atoms with van der Waals surface area (Å²) in [5, 5.41) is 0.631. The number of anilines is 2. The summed E-state index contributed by atoms with van der Waals surface area (Å²) in [7, 11) is 0. The van der Waals surface area contributed by atoms with Crippen molar-refractivity contribution in [3.05, 3.63) is 52.7 Å².